The van der Waals surface area contributed by atoms with Crippen LogP contribution in [0.5, 0.6) is 5.75 Å². The van der Waals surface area contributed by atoms with Gasteiger partial charge >= 0.3 is 0 Å². The highest BCUT2D eigenvalue weighted by atomic mass is 16.5. The van der Waals surface area contributed by atoms with Gasteiger partial charge in [0, 0.05) is 0 Å². The lowest BCUT2D eigenvalue weighted by atomic mass is 10.0. The van der Waals surface area contributed by atoms with Crippen LogP contribution in [0.1, 0.15) is 51.1 Å². The number of unbranched alkanes of at least 4 members (excludes halogenated alkanes) is 2. The molecule has 0 radical (unpaired) electrons. The van der Waals surface area contributed by atoms with Gasteiger partial charge in [-0.3, -0.25) is 9.69 Å². The van der Waals surface area contributed by atoms with E-state index in [1.807, 2.05) is 24.3 Å². The van der Waals surface area contributed by atoms with Crippen LogP contribution in [-0.2, 0) is 4.79 Å². The van der Waals surface area contributed by atoms with Gasteiger partial charge < -0.3 is 10.5 Å². The highest BCUT2D eigenvalue weighted by Gasteiger charge is 2.24. The van der Waals surface area contributed by atoms with E-state index >= 15 is 0 Å². The molecule has 0 heterocycles. The predicted octanol–water partition coefficient (Wildman–Crippen LogP) is 3.12. The van der Waals surface area contributed by atoms with E-state index < -0.39 is 0 Å². The van der Waals surface area contributed by atoms with Gasteiger partial charge in [-0.15, -0.1) is 0 Å². The van der Waals surface area contributed by atoms with E-state index in [4.69, 9.17) is 10.5 Å². The smallest absolute Gasteiger partial charge is 0.239 e. The number of amides is 1. The number of hydrogen-bond donors (Lipinski definition) is 1. The van der Waals surface area contributed by atoms with Gasteiger partial charge in [0.15, 0.2) is 0 Å². The number of benzene rings is 1. The second-order valence-electron chi connectivity index (χ2n) is 5.32. The summed E-state index contributed by atoms with van der Waals surface area (Å²) in [6, 6.07) is 7.26. The molecule has 1 unspecified atom stereocenters. The number of nitrogens with zero attached hydrogens (tertiary/aromatic N) is 1. The Labute approximate surface area is 128 Å². The Morgan fingerprint density at radius 3 is 2.05 bits per heavy atom. The number of carbonyl (C=O) groups excluding carboxylic acids is 1. The molecule has 0 aromatic heterocycles. The van der Waals surface area contributed by atoms with Crippen LogP contribution in [0, 0.1) is 0 Å². The quantitative estimate of drug-likeness (QED) is 0.721. The summed E-state index contributed by atoms with van der Waals surface area (Å²) in [5.74, 6) is 0.503. The van der Waals surface area contributed by atoms with Gasteiger partial charge in [-0.05, 0) is 43.6 Å². The molecular formula is C17H28N2O2. The Morgan fingerprint density at radius 1 is 1.14 bits per heavy atom. The average Bonchev–Trinajstić information content (AvgIpc) is 2.50. The van der Waals surface area contributed by atoms with E-state index in [9.17, 15) is 4.79 Å². The molecule has 21 heavy (non-hydrogen) atoms. The van der Waals surface area contributed by atoms with E-state index in [-0.39, 0.29) is 11.9 Å². The summed E-state index contributed by atoms with van der Waals surface area (Å²) in [6.45, 7) is 6.11. The third kappa shape index (κ3) is 5.38. The van der Waals surface area contributed by atoms with E-state index in [0.717, 1.165) is 50.1 Å². The zero-order valence-corrected chi connectivity index (χ0v) is 13.5. The van der Waals surface area contributed by atoms with E-state index in [2.05, 4.69) is 18.7 Å². The number of primary amides is 1. The second kappa shape index (κ2) is 9.40. The first-order valence-electron chi connectivity index (χ1n) is 7.81. The van der Waals surface area contributed by atoms with Crippen LogP contribution in [0.4, 0.5) is 0 Å². The highest BCUT2D eigenvalue weighted by Crippen LogP contribution is 2.24. The monoisotopic (exact) mass is 292 g/mol. The Hall–Kier alpha value is -1.55. The number of rotatable bonds is 10. The molecule has 0 aliphatic heterocycles. The summed E-state index contributed by atoms with van der Waals surface area (Å²) in [5, 5.41) is 0. The lowest BCUT2D eigenvalue weighted by Gasteiger charge is -2.30. The van der Waals surface area contributed by atoms with Crippen LogP contribution in [0.2, 0.25) is 0 Å². The minimum absolute atomic E-state index is 0.285. The molecule has 0 saturated carbocycles. The van der Waals surface area contributed by atoms with Crippen LogP contribution in [0.25, 0.3) is 0 Å². The first-order chi connectivity index (χ1) is 10.1. The summed E-state index contributed by atoms with van der Waals surface area (Å²) < 4.78 is 5.17. The van der Waals surface area contributed by atoms with Gasteiger partial charge in [0.05, 0.1) is 7.11 Å². The molecule has 4 heteroatoms. The Kier molecular flexibility index (Phi) is 7.83. The SMILES string of the molecule is CCCCN(CCCC)C(C(N)=O)c1ccc(OC)cc1. The molecule has 1 aromatic rings. The number of methoxy groups -OCH3 is 1. The molecule has 1 atom stereocenters. The summed E-state index contributed by atoms with van der Waals surface area (Å²) in [5.41, 5.74) is 6.61. The predicted molar refractivity (Wildman–Crippen MR) is 86.3 cm³/mol. The van der Waals surface area contributed by atoms with Crippen LogP contribution < -0.4 is 10.5 Å². The molecule has 0 aliphatic carbocycles. The maximum absolute atomic E-state index is 12.0. The number of hydrogen-bond acceptors (Lipinski definition) is 3. The Bertz CT molecular complexity index is 409. The van der Waals surface area contributed by atoms with Gasteiger partial charge in [-0.25, -0.2) is 0 Å². The fourth-order valence-corrected chi connectivity index (χ4v) is 2.43. The maximum Gasteiger partial charge on any atom is 0.239 e. The summed E-state index contributed by atoms with van der Waals surface area (Å²) in [4.78, 5) is 14.2. The van der Waals surface area contributed by atoms with Crippen molar-refractivity contribution in [3.63, 3.8) is 0 Å². The van der Waals surface area contributed by atoms with Crippen molar-refractivity contribution in [1.82, 2.24) is 4.90 Å². The van der Waals surface area contributed by atoms with E-state index in [1.165, 1.54) is 0 Å². The van der Waals surface area contributed by atoms with E-state index in [1.54, 1.807) is 7.11 Å². The van der Waals surface area contributed by atoms with Gasteiger partial charge in [0.2, 0.25) is 5.91 Å². The zero-order valence-electron chi connectivity index (χ0n) is 13.5. The van der Waals surface area contributed by atoms with Crippen LogP contribution in [0.3, 0.4) is 0 Å². The molecule has 0 bridgehead atoms. The summed E-state index contributed by atoms with van der Waals surface area (Å²) in [6.07, 6.45) is 4.36. The van der Waals surface area contributed by atoms with Crippen LogP contribution in [-0.4, -0.2) is 31.0 Å². The highest BCUT2D eigenvalue weighted by molar-refractivity contribution is 5.81. The molecule has 0 spiro atoms. The minimum Gasteiger partial charge on any atom is -0.497 e. The lowest BCUT2D eigenvalue weighted by Crippen LogP contribution is -2.39. The van der Waals surface area contributed by atoms with Gasteiger partial charge in [0.1, 0.15) is 11.8 Å². The molecular weight excluding hydrogens is 264 g/mol. The van der Waals surface area contributed by atoms with Crippen molar-refractivity contribution < 1.29 is 9.53 Å². The first kappa shape index (κ1) is 17.5. The van der Waals surface area contributed by atoms with Crippen molar-refractivity contribution in [2.45, 2.75) is 45.6 Å². The van der Waals surface area contributed by atoms with Crippen molar-refractivity contribution in [2.75, 3.05) is 20.2 Å². The molecule has 1 aromatic carbocycles. The second-order valence-corrected chi connectivity index (χ2v) is 5.32. The number of nitrogens with two attached hydrogens (primary N) is 1. The van der Waals surface area contributed by atoms with Crippen LogP contribution in [0.15, 0.2) is 24.3 Å². The molecule has 0 fully saturated rings. The molecule has 2 N–H and O–H groups in total. The number of carbonyl (C=O) groups is 1. The minimum atomic E-state index is -0.353. The van der Waals surface area contributed by atoms with Crippen molar-refractivity contribution in [1.29, 1.82) is 0 Å². The topological polar surface area (TPSA) is 55.6 Å². The molecule has 1 rings (SSSR count). The Balaban J connectivity index is 2.95. The van der Waals surface area contributed by atoms with E-state index in [0.29, 0.717) is 0 Å². The summed E-state index contributed by atoms with van der Waals surface area (Å²) in [7, 11) is 1.63. The summed E-state index contributed by atoms with van der Waals surface area (Å²) >= 11 is 0. The Morgan fingerprint density at radius 2 is 1.67 bits per heavy atom. The first-order valence-corrected chi connectivity index (χ1v) is 7.81. The molecule has 0 aliphatic rings. The van der Waals surface area contributed by atoms with Crippen molar-refractivity contribution in [3.05, 3.63) is 29.8 Å². The van der Waals surface area contributed by atoms with Crippen molar-refractivity contribution >= 4 is 5.91 Å². The fourth-order valence-electron chi connectivity index (χ4n) is 2.43. The fraction of sp³-hybridized carbons (Fsp3) is 0.588. The average molecular weight is 292 g/mol. The third-order valence-electron chi connectivity index (χ3n) is 3.66. The normalized spacial score (nSPS) is 12.4. The number of ether oxygens (including phenoxy) is 1. The molecule has 4 nitrogen and oxygen atoms in total. The third-order valence-corrected chi connectivity index (χ3v) is 3.66. The largest absolute Gasteiger partial charge is 0.497 e. The van der Waals surface area contributed by atoms with Crippen molar-refractivity contribution in [2.24, 2.45) is 5.73 Å². The van der Waals surface area contributed by atoms with Crippen LogP contribution >= 0.6 is 0 Å². The zero-order chi connectivity index (χ0) is 15.7. The van der Waals surface area contributed by atoms with Gasteiger partial charge in [-0.1, -0.05) is 38.8 Å². The van der Waals surface area contributed by atoms with Crippen molar-refractivity contribution in [3.8, 4) is 5.75 Å². The standard InChI is InChI=1S/C17H28N2O2/c1-4-6-12-19(13-7-5-2)16(17(18)20)14-8-10-15(21-3)11-9-14/h8-11,16H,4-7,12-13H2,1-3H3,(H2,18,20). The molecule has 1 amide bonds. The van der Waals surface area contributed by atoms with Gasteiger partial charge in [0.25, 0.3) is 0 Å². The lowest BCUT2D eigenvalue weighted by molar-refractivity contribution is -0.123. The molecule has 118 valence electrons. The maximum atomic E-state index is 12.0. The van der Waals surface area contributed by atoms with Gasteiger partial charge in [-0.2, -0.15) is 0 Å². The molecule has 0 saturated heterocycles.